The minimum absolute atomic E-state index is 0.0742. The Kier molecular flexibility index (Phi) is 7.91. The van der Waals surface area contributed by atoms with Crippen molar-refractivity contribution in [2.24, 2.45) is 5.10 Å². The van der Waals surface area contributed by atoms with Crippen molar-refractivity contribution < 1.29 is 13.2 Å². The van der Waals surface area contributed by atoms with Gasteiger partial charge in [-0.05, 0) is 42.0 Å². The summed E-state index contributed by atoms with van der Waals surface area (Å²) in [6.07, 6.45) is 1.65. The van der Waals surface area contributed by atoms with Crippen molar-refractivity contribution in [3.05, 3.63) is 120 Å². The SMILES string of the molecule is CCN(CC)S(=O)(=O)c1cccc(C(=O)N/N=C\c2c(-c3ccccc3)n(-c3ccccc3)c3ccccc23)c1. The highest BCUT2D eigenvalue weighted by molar-refractivity contribution is 7.89. The molecule has 1 N–H and O–H groups in total. The van der Waals surface area contributed by atoms with Crippen LogP contribution in [0.3, 0.4) is 0 Å². The van der Waals surface area contributed by atoms with Gasteiger partial charge in [-0.3, -0.25) is 4.79 Å². The zero-order valence-electron chi connectivity index (χ0n) is 22.4. The van der Waals surface area contributed by atoms with E-state index < -0.39 is 15.9 Å². The van der Waals surface area contributed by atoms with E-state index in [1.807, 2.05) is 66.7 Å². The molecule has 8 heteroatoms. The van der Waals surface area contributed by atoms with E-state index in [2.05, 4.69) is 33.3 Å². The molecule has 0 radical (unpaired) electrons. The number of carbonyl (C=O) groups excluding carboxylic acids is 1. The van der Waals surface area contributed by atoms with Crippen molar-refractivity contribution >= 4 is 33.0 Å². The first kappa shape index (κ1) is 27.1. The summed E-state index contributed by atoms with van der Waals surface area (Å²) in [6.45, 7) is 4.26. The van der Waals surface area contributed by atoms with Gasteiger partial charge in [0.25, 0.3) is 5.91 Å². The highest BCUT2D eigenvalue weighted by Gasteiger charge is 2.23. The predicted molar refractivity (Wildman–Crippen MR) is 160 cm³/mol. The van der Waals surface area contributed by atoms with Crippen LogP contribution < -0.4 is 5.43 Å². The van der Waals surface area contributed by atoms with Crippen LogP contribution in [-0.2, 0) is 10.0 Å². The molecule has 5 rings (SSSR count). The van der Waals surface area contributed by atoms with E-state index in [-0.39, 0.29) is 10.5 Å². The highest BCUT2D eigenvalue weighted by atomic mass is 32.2. The Labute approximate surface area is 234 Å². The number of benzene rings is 4. The Balaban J connectivity index is 1.53. The molecule has 1 amide bonds. The molecule has 0 aliphatic carbocycles. The lowest BCUT2D eigenvalue weighted by atomic mass is 10.1. The first-order valence-corrected chi connectivity index (χ1v) is 14.6. The molecule has 0 fully saturated rings. The van der Waals surface area contributed by atoms with Gasteiger partial charge in [-0.15, -0.1) is 0 Å². The van der Waals surface area contributed by atoms with Gasteiger partial charge in [0.05, 0.1) is 22.3 Å². The molecular formula is C32H30N4O3S. The second-order valence-electron chi connectivity index (χ2n) is 9.13. The van der Waals surface area contributed by atoms with Crippen molar-refractivity contribution in [3.63, 3.8) is 0 Å². The van der Waals surface area contributed by atoms with E-state index in [0.717, 1.165) is 33.4 Å². The molecule has 4 aromatic carbocycles. The van der Waals surface area contributed by atoms with Crippen molar-refractivity contribution in [2.45, 2.75) is 18.7 Å². The smallest absolute Gasteiger partial charge is 0.271 e. The van der Waals surface area contributed by atoms with Crippen LogP contribution in [0.2, 0.25) is 0 Å². The maximum atomic E-state index is 13.0. The number of rotatable bonds is 9. The van der Waals surface area contributed by atoms with Gasteiger partial charge >= 0.3 is 0 Å². The van der Waals surface area contributed by atoms with E-state index in [9.17, 15) is 13.2 Å². The number of nitrogens with zero attached hydrogens (tertiary/aromatic N) is 3. The fraction of sp³-hybridized carbons (Fsp3) is 0.125. The van der Waals surface area contributed by atoms with Gasteiger partial charge in [0.2, 0.25) is 10.0 Å². The van der Waals surface area contributed by atoms with Crippen LogP contribution in [0.25, 0.3) is 27.8 Å². The molecule has 0 unspecified atom stereocenters. The fourth-order valence-corrected chi connectivity index (χ4v) is 6.36. The molecule has 1 aromatic heterocycles. The molecule has 0 spiro atoms. The standard InChI is InChI=1S/C32H30N4O3S/c1-3-35(4-2)40(38,39)27-19-13-16-25(22-27)32(37)34-33-23-29-28-20-11-12-21-30(28)36(26-17-9-6-10-18-26)31(29)24-14-7-5-8-15-24/h5-23H,3-4H2,1-2H3,(H,34,37)/b33-23-. The van der Waals surface area contributed by atoms with Gasteiger partial charge in [-0.25, -0.2) is 13.8 Å². The van der Waals surface area contributed by atoms with E-state index in [4.69, 9.17) is 0 Å². The number of amides is 1. The molecule has 202 valence electrons. The normalized spacial score (nSPS) is 11.9. The number of hydrogen-bond donors (Lipinski definition) is 1. The predicted octanol–water partition coefficient (Wildman–Crippen LogP) is 6.09. The maximum Gasteiger partial charge on any atom is 0.271 e. The summed E-state index contributed by atoms with van der Waals surface area (Å²) in [5, 5.41) is 5.30. The summed E-state index contributed by atoms with van der Waals surface area (Å²) in [5.74, 6) is -0.499. The molecular weight excluding hydrogens is 520 g/mol. The van der Waals surface area contributed by atoms with Crippen LogP contribution in [0.5, 0.6) is 0 Å². The Morgan fingerprint density at radius 3 is 2.20 bits per heavy atom. The van der Waals surface area contributed by atoms with Gasteiger partial charge in [-0.1, -0.05) is 86.6 Å². The quantitative estimate of drug-likeness (QED) is 0.178. The summed E-state index contributed by atoms with van der Waals surface area (Å²) in [4.78, 5) is 13.1. The topological polar surface area (TPSA) is 83.8 Å². The van der Waals surface area contributed by atoms with Crippen molar-refractivity contribution in [3.8, 4) is 16.9 Å². The van der Waals surface area contributed by atoms with Crippen LogP contribution in [-0.4, -0.2) is 42.5 Å². The molecule has 40 heavy (non-hydrogen) atoms. The number of sulfonamides is 1. The van der Waals surface area contributed by atoms with Crippen molar-refractivity contribution in [1.29, 1.82) is 0 Å². The molecule has 0 aliphatic heterocycles. The van der Waals surface area contributed by atoms with E-state index in [0.29, 0.717) is 13.1 Å². The minimum Gasteiger partial charge on any atom is -0.309 e. The number of para-hydroxylation sites is 2. The fourth-order valence-electron chi connectivity index (χ4n) is 4.85. The van der Waals surface area contributed by atoms with E-state index in [1.54, 1.807) is 32.2 Å². The first-order valence-electron chi connectivity index (χ1n) is 13.1. The van der Waals surface area contributed by atoms with Gasteiger partial charge < -0.3 is 4.57 Å². The third kappa shape index (κ3) is 5.19. The van der Waals surface area contributed by atoms with Crippen LogP contribution in [0, 0.1) is 0 Å². The third-order valence-electron chi connectivity index (χ3n) is 6.77. The summed E-state index contributed by atoms with van der Waals surface area (Å²) in [6, 6.07) is 34.2. The lowest BCUT2D eigenvalue weighted by molar-refractivity contribution is 0.0955. The molecule has 7 nitrogen and oxygen atoms in total. The molecule has 5 aromatic rings. The average molecular weight is 551 g/mol. The second kappa shape index (κ2) is 11.7. The lowest BCUT2D eigenvalue weighted by Crippen LogP contribution is -2.30. The number of nitrogens with one attached hydrogen (secondary N) is 1. The van der Waals surface area contributed by atoms with E-state index in [1.165, 1.54) is 16.4 Å². The number of carbonyl (C=O) groups is 1. The Bertz CT molecular complexity index is 1780. The molecule has 1 heterocycles. The number of hydrazone groups is 1. The summed E-state index contributed by atoms with van der Waals surface area (Å²) >= 11 is 0. The van der Waals surface area contributed by atoms with Gasteiger partial charge in [0, 0.05) is 35.3 Å². The van der Waals surface area contributed by atoms with Crippen molar-refractivity contribution in [1.82, 2.24) is 14.3 Å². The number of fused-ring (bicyclic) bond motifs is 1. The highest BCUT2D eigenvalue weighted by Crippen LogP contribution is 2.35. The summed E-state index contributed by atoms with van der Waals surface area (Å²) in [5.41, 5.74) is 7.61. The summed E-state index contributed by atoms with van der Waals surface area (Å²) < 4.78 is 29.4. The maximum absolute atomic E-state index is 13.0. The second-order valence-corrected chi connectivity index (χ2v) is 11.1. The molecule has 0 saturated carbocycles. The zero-order valence-corrected chi connectivity index (χ0v) is 23.2. The van der Waals surface area contributed by atoms with Crippen LogP contribution in [0.1, 0.15) is 29.8 Å². The van der Waals surface area contributed by atoms with Gasteiger partial charge in [-0.2, -0.15) is 9.41 Å². The van der Waals surface area contributed by atoms with Crippen LogP contribution in [0.15, 0.2) is 119 Å². The van der Waals surface area contributed by atoms with Crippen LogP contribution >= 0.6 is 0 Å². The number of hydrogen-bond acceptors (Lipinski definition) is 4. The first-order chi connectivity index (χ1) is 19.5. The Hall–Kier alpha value is -4.53. The third-order valence-corrected chi connectivity index (χ3v) is 8.82. The minimum atomic E-state index is -3.69. The zero-order chi connectivity index (χ0) is 28.1. The largest absolute Gasteiger partial charge is 0.309 e. The van der Waals surface area contributed by atoms with Gasteiger partial charge in [0.1, 0.15) is 0 Å². The average Bonchev–Trinajstić information content (AvgIpc) is 3.33. The molecule has 0 aliphatic rings. The molecule has 0 atom stereocenters. The van der Waals surface area contributed by atoms with Crippen molar-refractivity contribution in [2.75, 3.05) is 13.1 Å². The van der Waals surface area contributed by atoms with E-state index >= 15 is 0 Å². The Morgan fingerprint density at radius 1 is 0.850 bits per heavy atom. The molecule has 0 bridgehead atoms. The number of aromatic nitrogens is 1. The lowest BCUT2D eigenvalue weighted by Gasteiger charge is -2.18. The molecule has 0 saturated heterocycles. The van der Waals surface area contributed by atoms with Gasteiger partial charge in [0.15, 0.2) is 0 Å². The van der Waals surface area contributed by atoms with Crippen LogP contribution in [0.4, 0.5) is 0 Å². The Morgan fingerprint density at radius 2 is 1.50 bits per heavy atom. The monoisotopic (exact) mass is 550 g/mol. The summed E-state index contributed by atoms with van der Waals surface area (Å²) in [7, 11) is -3.69.